The molecule has 7 heteroatoms. The van der Waals surface area contributed by atoms with Crippen LogP contribution in [-0.4, -0.2) is 48.9 Å². The number of nitrogens with zero attached hydrogens (tertiary/aromatic N) is 2. The van der Waals surface area contributed by atoms with Crippen LogP contribution in [0.2, 0.25) is 0 Å². The highest BCUT2D eigenvalue weighted by atomic mass is 19.1. The minimum absolute atomic E-state index is 0.0762. The van der Waals surface area contributed by atoms with Gasteiger partial charge in [-0.2, -0.15) is 0 Å². The lowest BCUT2D eigenvalue weighted by Gasteiger charge is -2.31. The summed E-state index contributed by atoms with van der Waals surface area (Å²) in [5.41, 5.74) is 1.33. The van der Waals surface area contributed by atoms with Gasteiger partial charge in [-0.05, 0) is 13.0 Å². The number of amides is 1. The molecule has 0 atom stereocenters. The zero-order valence-corrected chi connectivity index (χ0v) is 15.5. The number of piperidine rings is 1. The molecule has 0 radical (unpaired) electrons. The maximum Gasteiger partial charge on any atom is 0.410 e. The predicted octanol–water partition coefficient (Wildman–Crippen LogP) is 3.86. The molecule has 2 heterocycles. The van der Waals surface area contributed by atoms with Crippen LogP contribution >= 0.6 is 0 Å². The standard InChI is InChI=1S/C20H23FN2O4/c1-4-9-26-20(24)23-7-5-15(6-8-23)27-17-10-13(2)22-19-16(17)11-14(21)12-18(19)25-3/h4,10-12,15H,1,5-9H2,2-3H3. The van der Waals surface area contributed by atoms with Crippen molar-refractivity contribution in [2.45, 2.75) is 25.9 Å². The molecule has 0 aliphatic carbocycles. The van der Waals surface area contributed by atoms with E-state index in [0.29, 0.717) is 48.3 Å². The van der Waals surface area contributed by atoms with Crippen molar-refractivity contribution in [1.29, 1.82) is 0 Å². The summed E-state index contributed by atoms with van der Waals surface area (Å²) in [6.45, 7) is 6.67. The van der Waals surface area contributed by atoms with Gasteiger partial charge in [-0.3, -0.25) is 0 Å². The highest BCUT2D eigenvalue weighted by molar-refractivity contribution is 5.90. The van der Waals surface area contributed by atoms with Gasteiger partial charge in [0.05, 0.1) is 7.11 Å². The minimum atomic E-state index is -0.408. The monoisotopic (exact) mass is 374 g/mol. The van der Waals surface area contributed by atoms with E-state index in [-0.39, 0.29) is 18.8 Å². The van der Waals surface area contributed by atoms with Gasteiger partial charge in [0.1, 0.15) is 35.5 Å². The maximum absolute atomic E-state index is 14.0. The SMILES string of the molecule is C=CCOC(=O)N1CCC(Oc2cc(C)nc3c(OC)cc(F)cc23)CC1. The molecule has 1 fully saturated rings. The normalized spacial score (nSPS) is 14.9. The van der Waals surface area contributed by atoms with E-state index in [1.807, 2.05) is 6.92 Å². The third-order valence-corrected chi connectivity index (χ3v) is 4.47. The van der Waals surface area contributed by atoms with Crippen LogP contribution in [-0.2, 0) is 4.74 Å². The number of aromatic nitrogens is 1. The van der Waals surface area contributed by atoms with E-state index >= 15 is 0 Å². The molecule has 6 nitrogen and oxygen atoms in total. The average Bonchev–Trinajstić information content (AvgIpc) is 2.66. The fraction of sp³-hybridized carbons (Fsp3) is 0.400. The summed E-state index contributed by atoms with van der Waals surface area (Å²) in [7, 11) is 1.49. The van der Waals surface area contributed by atoms with Crippen LogP contribution in [0, 0.1) is 12.7 Å². The highest BCUT2D eigenvalue weighted by Gasteiger charge is 2.25. The van der Waals surface area contributed by atoms with Gasteiger partial charge in [-0.15, -0.1) is 0 Å². The number of aryl methyl sites for hydroxylation is 1. The molecular weight excluding hydrogens is 351 g/mol. The van der Waals surface area contributed by atoms with Crippen LogP contribution in [0.15, 0.2) is 30.9 Å². The summed E-state index contributed by atoms with van der Waals surface area (Å²) >= 11 is 0. The van der Waals surface area contributed by atoms with Crippen molar-refractivity contribution >= 4 is 17.0 Å². The molecule has 1 amide bonds. The second-order valence-corrected chi connectivity index (χ2v) is 6.44. The van der Waals surface area contributed by atoms with Crippen LogP contribution in [0.1, 0.15) is 18.5 Å². The molecule has 144 valence electrons. The van der Waals surface area contributed by atoms with Crippen LogP contribution in [0.5, 0.6) is 11.5 Å². The molecule has 2 aromatic rings. The number of carbonyl (C=O) groups excluding carboxylic acids is 1. The Morgan fingerprint density at radius 1 is 1.33 bits per heavy atom. The van der Waals surface area contributed by atoms with Crippen molar-refractivity contribution in [3.63, 3.8) is 0 Å². The van der Waals surface area contributed by atoms with Gasteiger partial charge in [0.25, 0.3) is 0 Å². The number of hydrogen-bond acceptors (Lipinski definition) is 5. The Bertz CT molecular complexity index is 847. The highest BCUT2D eigenvalue weighted by Crippen LogP contribution is 2.34. The first-order valence-electron chi connectivity index (χ1n) is 8.86. The van der Waals surface area contributed by atoms with E-state index < -0.39 is 5.82 Å². The molecule has 1 aliphatic heterocycles. The Hall–Kier alpha value is -2.83. The summed E-state index contributed by atoms with van der Waals surface area (Å²) in [6, 6.07) is 4.51. The summed E-state index contributed by atoms with van der Waals surface area (Å²) in [6.07, 6.45) is 2.45. The topological polar surface area (TPSA) is 60.9 Å². The van der Waals surface area contributed by atoms with Gasteiger partial charge in [0, 0.05) is 49.1 Å². The molecule has 1 aromatic carbocycles. The van der Waals surface area contributed by atoms with Crippen LogP contribution in [0.4, 0.5) is 9.18 Å². The minimum Gasteiger partial charge on any atom is -0.494 e. The van der Waals surface area contributed by atoms with E-state index in [4.69, 9.17) is 14.2 Å². The maximum atomic E-state index is 14.0. The van der Waals surface area contributed by atoms with Crippen molar-refractivity contribution in [3.05, 3.63) is 42.4 Å². The molecule has 1 aromatic heterocycles. The van der Waals surface area contributed by atoms with Gasteiger partial charge < -0.3 is 19.1 Å². The average molecular weight is 374 g/mol. The van der Waals surface area contributed by atoms with E-state index in [9.17, 15) is 9.18 Å². The first-order valence-corrected chi connectivity index (χ1v) is 8.86. The van der Waals surface area contributed by atoms with E-state index in [1.165, 1.54) is 25.3 Å². The lowest BCUT2D eigenvalue weighted by atomic mass is 10.1. The van der Waals surface area contributed by atoms with E-state index in [2.05, 4.69) is 11.6 Å². The molecule has 0 unspecified atom stereocenters. The van der Waals surface area contributed by atoms with Gasteiger partial charge >= 0.3 is 6.09 Å². The number of benzene rings is 1. The van der Waals surface area contributed by atoms with Crippen molar-refractivity contribution in [2.24, 2.45) is 0 Å². The first kappa shape index (κ1) is 18.9. The first-order chi connectivity index (χ1) is 13.0. The molecule has 1 saturated heterocycles. The second kappa shape index (κ2) is 8.24. The zero-order valence-electron chi connectivity index (χ0n) is 15.5. The molecule has 0 bridgehead atoms. The lowest BCUT2D eigenvalue weighted by Crippen LogP contribution is -2.42. The molecule has 0 N–H and O–H groups in total. The third-order valence-electron chi connectivity index (χ3n) is 4.47. The zero-order chi connectivity index (χ0) is 19.4. The van der Waals surface area contributed by atoms with Crippen molar-refractivity contribution in [2.75, 3.05) is 26.8 Å². The van der Waals surface area contributed by atoms with Crippen molar-refractivity contribution < 1.29 is 23.4 Å². The Morgan fingerprint density at radius 2 is 2.07 bits per heavy atom. The number of ether oxygens (including phenoxy) is 3. The number of carbonyl (C=O) groups is 1. The number of halogens is 1. The lowest BCUT2D eigenvalue weighted by molar-refractivity contribution is 0.0736. The number of fused-ring (bicyclic) bond motifs is 1. The third kappa shape index (κ3) is 4.30. The number of likely N-dealkylation sites (tertiary alicyclic amines) is 1. The summed E-state index contributed by atoms with van der Waals surface area (Å²) < 4.78 is 30.4. The van der Waals surface area contributed by atoms with Crippen LogP contribution < -0.4 is 9.47 Å². The van der Waals surface area contributed by atoms with Crippen LogP contribution in [0.3, 0.4) is 0 Å². The summed E-state index contributed by atoms with van der Waals surface area (Å²) in [4.78, 5) is 18.0. The molecule has 3 rings (SSSR count). The van der Waals surface area contributed by atoms with Gasteiger partial charge in [-0.1, -0.05) is 12.7 Å². The van der Waals surface area contributed by atoms with Gasteiger partial charge in [0.2, 0.25) is 0 Å². The van der Waals surface area contributed by atoms with Crippen molar-refractivity contribution in [3.8, 4) is 11.5 Å². The number of rotatable bonds is 5. The quantitative estimate of drug-likeness (QED) is 0.744. The molecule has 0 saturated carbocycles. The smallest absolute Gasteiger partial charge is 0.410 e. The predicted molar refractivity (Wildman–Crippen MR) is 99.8 cm³/mol. The molecule has 27 heavy (non-hydrogen) atoms. The number of methoxy groups -OCH3 is 1. The van der Waals surface area contributed by atoms with Crippen LogP contribution in [0.25, 0.3) is 10.9 Å². The summed E-state index contributed by atoms with van der Waals surface area (Å²) in [5.74, 6) is 0.538. The largest absolute Gasteiger partial charge is 0.494 e. The van der Waals surface area contributed by atoms with E-state index in [1.54, 1.807) is 11.0 Å². The Labute approximate surface area is 157 Å². The fourth-order valence-electron chi connectivity index (χ4n) is 3.16. The Morgan fingerprint density at radius 3 is 2.74 bits per heavy atom. The van der Waals surface area contributed by atoms with E-state index in [0.717, 1.165) is 5.69 Å². The van der Waals surface area contributed by atoms with Gasteiger partial charge in [-0.25, -0.2) is 14.2 Å². The Kier molecular flexibility index (Phi) is 5.78. The number of pyridine rings is 1. The number of hydrogen-bond donors (Lipinski definition) is 0. The molecule has 0 spiro atoms. The molecule has 1 aliphatic rings. The second-order valence-electron chi connectivity index (χ2n) is 6.44. The Balaban J connectivity index is 1.75. The fourth-order valence-corrected chi connectivity index (χ4v) is 3.16. The summed E-state index contributed by atoms with van der Waals surface area (Å²) in [5, 5.41) is 0.574. The van der Waals surface area contributed by atoms with Crippen molar-refractivity contribution in [1.82, 2.24) is 9.88 Å². The van der Waals surface area contributed by atoms with Gasteiger partial charge in [0.15, 0.2) is 0 Å². The molecular formula is C20H23FN2O4.